The van der Waals surface area contributed by atoms with Crippen molar-refractivity contribution >= 4 is 5.82 Å². The first-order valence-corrected chi connectivity index (χ1v) is 12.7. The zero-order chi connectivity index (χ0) is 24.6. The van der Waals surface area contributed by atoms with Crippen LogP contribution in [0.5, 0.6) is 0 Å². The fraction of sp³-hybridized carbons (Fsp3) is 0.448. The number of rotatable bonds is 10. The Bertz CT molecular complexity index is 1050. The summed E-state index contributed by atoms with van der Waals surface area (Å²) in [5, 5.41) is 10.4. The van der Waals surface area contributed by atoms with Gasteiger partial charge in [-0.05, 0) is 18.4 Å². The highest BCUT2D eigenvalue weighted by atomic mass is 16.5. The predicted molar refractivity (Wildman–Crippen MR) is 142 cm³/mol. The van der Waals surface area contributed by atoms with Gasteiger partial charge >= 0.3 is 0 Å². The summed E-state index contributed by atoms with van der Waals surface area (Å²) in [5.41, 5.74) is 4.51. The van der Waals surface area contributed by atoms with Crippen LogP contribution >= 0.6 is 0 Å². The largest absolute Gasteiger partial charge is 0.389 e. The van der Waals surface area contributed by atoms with Crippen molar-refractivity contribution in [2.75, 3.05) is 50.8 Å². The van der Waals surface area contributed by atoms with E-state index in [1.54, 1.807) is 0 Å². The van der Waals surface area contributed by atoms with Crippen LogP contribution in [0.15, 0.2) is 60.7 Å². The molecule has 186 valence electrons. The number of hydrogen-bond donors (Lipinski definition) is 1. The minimum absolute atomic E-state index is 0.394. The molecule has 0 saturated carbocycles. The molecule has 6 nitrogen and oxygen atoms in total. The second-order valence-electron chi connectivity index (χ2n) is 9.84. The van der Waals surface area contributed by atoms with E-state index in [1.807, 2.05) is 24.3 Å². The molecule has 1 atom stereocenters. The van der Waals surface area contributed by atoms with Crippen molar-refractivity contribution < 1.29 is 9.84 Å². The summed E-state index contributed by atoms with van der Waals surface area (Å²) >= 11 is 0. The van der Waals surface area contributed by atoms with Crippen molar-refractivity contribution in [2.24, 2.45) is 5.92 Å². The molecule has 0 aliphatic carbocycles. The molecule has 0 amide bonds. The standard InChI is InChI=1S/C29H38N4O2/c1-22(2)20-35-21-26(34)19-32-14-16-33(17-15-32)29-27(18-24-10-6-4-7-11-24)23(3)30-28(31-29)25-12-8-5-9-13-25/h4-13,22,26,34H,14-21H2,1-3H3/t26-/m0/s1. The molecule has 1 saturated heterocycles. The zero-order valence-electron chi connectivity index (χ0n) is 21.2. The number of aryl methyl sites for hydroxylation is 1. The molecule has 0 bridgehead atoms. The number of piperazine rings is 1. The molecule has 0 spiro atoms. The van der Waals surface area contributed by atoms with E-state index < -0.39 is 6.10 Å². The Kier molecular flexibility index (Phi) is 8.85. The van der Waals surface area contributed by atoms with Crippen LogP contribution in [-0.2, 0) is 11.2 Å². The summed E-state index contributed by atoms with van der Waals surface area (Å²) < 4.78 is 5.63. The van der Waals surface area contributed by atoms with Crippen LogP contribution in [0.2, 0.25) is 0 Å². The van der Waals surface area contributed by atoms with Gasteiger partial charge in [0.2, 0.25) is 0 Å². The van der Waals surface area contributed by atoms with Crippen molar-refractivity contribution in [3.63, 3.8) is 0 Å². The second-order valence-corrected chi connectivity index (χ2v) is 9.84. The Labute approximate surface area is 209 Å². The average Bonchev–Trinajstić information content (AvgIpc) is 2.86. The van der Waals surface area contributed by atoms with Gasteiger partial charge < -0.3 is 14.7 Å². The van der Waals surface area contributed by atoms with Crippen molar-refractivity contribution in [3.8, 4) is 11.4 Å². The van der Waals surface area contributed by atoms with Gasteiger partial charge in [0.25, 0.3) is 0 Å². The molecule has 2 aromatic carbocycles. The number of aliphatic hydroxyl groups excluding tert-OH is 1. The maximum Gasteiger partial charge on any atom is 0.161 e. The van der Waals surface area contributed by atoms with Crippen LogP contribution in [0.4, 0.5) is 5.82 Å². The van der Waals surface area contributed by atoms with E-state index in [9.17, 15) is 5.11 Å². The van der Waals surface area contributed by atoms with Gasteiger partial charge in [-0.15, -0.1) is 0 Å². The summed E-state index contributed by atoms with van der Waals surface area (Å²) in [6.45, 7) is 11.6. The quantitative estimate of drug-likeness (QED) is 0.475. The van der Waals surface area contributed by atoms with Crippen molar-refractivity contribution in [1.29, 1.82) is 0 Å². The fourth-order valence-electron chi connectivity index (χ4n) is 4.50. The summed E-state index contributed by atoms with van der Waals surface area (Å²) in [7, 11) is 0. The minimum Gasteiger partial charge on any atom is -0.389 e. The lowest BCUT2D eigenvalue weighted by molar-refractivity contribution is 0.00745. The summed E-state index contributed by atoms with van der Waals surface area (Å²) in [6, 6.07) is 20.7. The Morgan fingerprint density at radius 2 is 1.54 bits per heavy atom. The Balaban J connectivity index is 1.50. The van der Waals surface area contributed by atoms with Crippen LogP contribution < -0.4 is 4.90 Å². The monoisotopic (exact) mass is 474 g/mol. The number of ether oxygens (including phenoxy) is 1. The van der Waals surface area contributed by atoms with Gasteiger partial charge in [0, 0.05) is 62.6 Å². The molecule has 1 aromatic heterocycles. The summed E-state index contributed by atoms with van der Waals surface area (Å²) in [6.07, 6.45) is 0.350. The molecule has 1 N–H and O–H groups in total. The molecule has 0 unspecified atom stereocenters. The zero-order valence-corrected chi connectivity index (χ0v) is 21.2. The lowest BCUT2D eigenvalue weighted by atomic mass is 10.0. The van der Waals surface area contributed by atoms with Crippen LogP contribution in [0.1, 0.15) is 30.7 Å². The van der Waals surface area contributed by atoms with Crippen LogP contribution in [0.25, 0.3) is 11.4 Å². The normalized spacial score (nSPS) is 15.5. The number of aromatic nitrogens is 2. The Morgan fingerprint density at radius 1 is 0.886 bits per heavy atom. The third-order valence-electron chi connectivity index (χ3n) is 6.35. The highest BCUT2D eigenvalue weighted by Crippen LogP contribution is 2.28. The van der Waals surface area contributed by atoms with E-state index in [-0.39, 0.29) is 0 Å². The summed E-state index contributed by atoms with van der Waals surface area (Å²) in [5.74, 6) is 2.28. The van der Waals surface area contributed by atoms with Gasteiger partial charge in [0.15, 0.2) is 5.82 Å². The molecule has 1 aliphatic heterocycles. The molecule has 35 heavy (non-hydrogen) atoms. The number of hydrogen-bond acceptors (Lipinski definition) is 6. The maximum absolute atomic E-state index is 10.4. The molecule has 1 fully saturated rings. The van der Waals surface area contributed by atoms with E-state index in [0.29, 0.717) is 25.7 Å². The molecule has 6 heteroatoms. The van der Waals surface area contributed by atoms with Crippen molar-refractivity contribution in [1.82, 2.24) is 14.9 Å². The second kappa shape index (κ2) is 12.2. The molecular weight excluding hydrogens is 436 g/mol. The van der Waals surface area contributed by atoms with Gasteiger partial charge in [-0.1, -0.05) is 74.5 Å². The molecular formula is C29H38N4O2. The molecule has 2 heterocycles. The molecule has 3 aromatic rings. The predicted octanol–water partition coefficient (Wildman–Crippen LogP) is 4.20. The van der Waals surface area contributed by atoms with Crippen molar-refractivity contribution in [3.05, 3.63) is 77.5 Å². The topological polar surface area (TPSA) is 61.7 Å². The number of benzene rings is 2. The van der Waals surface area contributed by atoms with Crippen LogP contribution in [0.3, 0.4) is 0 Å². The van der Waals surface area contributed by atoms with Crippen LogP contribution in [-0.4, -0.2) is 72.0 Å². The first kappa shape index (κ1) is 25.3. The number of anilines is 1. The van der Waals surface area contributed by atoms with E-state index in [2.05, 4.69) is 67.0 Å². The molecule has 0 radical (unpaired) electrons. The lowest BCUT2D eigenvalue weighted by Crippen LogP contribution is -2.49. The third-order valence-corrected chi connectivity index (χ3v) is 6.35. The van der Waals surface area contributed by atoms with Gasteiger partial charge in [-0.3, -0.25) is 4.90 Å². The number of β-amino-alcohol motifs (C(OH)–C–C–N with tert-alkyl or cyclic N) is 1. The molecule has 4 rings (SSSR count). The first-order chi connectivity index (χ1) is 17.0. The number of nitrogens with zero attached hydrogens (tertiary/aromatic N) is 4. The third kappa shape index (κ3) is 7.10. The SMILES string of the molecule is Cc1nc(-c2ccccc2)nc(N2CCN(C[C@H](O)COCC(C)C)CC2)c1Cc1ccccc1. The van der Waals surface area contributed by atoms with E-state index in [1.165, 1.54) is 11.1 Å². The fourth-order valence-corrected chi connectivity index (χ4v) is 4.50. The van der Waals surface area contributed by atoms with Gasteiger partial charge in [0.1, 0.15) is 5.82 Å². The molecule has 1 aliphatic rings. The Morgan fingerprint density at radius 3 is 2.20 bits per heavy atom. The summed E-state index contributed by atoms with van der Waals surface area (Å²) in [4.78, 5) is 14.7. The van der Waals surface area contributed by atoms with Gasteiger partial charge in [-0.25, -0.2) is 9.97 Å². The smallest absolute Gasteiger partial charge is 0.161 e. The highest BCUT2D eigenvalue weighted by molar-refractivity contribution is 5.61. The average molecular weight is 475 g/mol. The van der Waals surface area contributed by atoms with E-state index >= 15 is 0 Å². The maximum atomic E-state index is 10.4. The van der Waals surface area contributed by atoms with E-state index in [4.69, 9.17) is 14.7 Å². The first-order valence-electron chi connectivity index (χ1n) is 12.7. The lowest BCUT2D eigenvalue weighted by Gasteiger charge is -2.37. The Hall–Kier alpha value is -2.80. The van der Waals surface area contributed by atoms with Crippen LogP contribution in [0, 0.1) is 12.8 Å². The number of aliphatic hydroxyl groups is 1. The van der Waals surface area contributed by atoms with Gasteiger partial charge in [0.05, 0.1) is 12.7 Å². The van der Waals surface area contributed by atoms with Crippen molar-refractivity contribution in [2.45, 2.75) is 33.3 Å². The minimum atomic E-state index is -0.458. The van der Waals surface area contributed by atoms with E-state index in [0.717, 1.165) is 55.5 Å². The van der Waals surface area contributed by atoms with Gasteiger partial charge in [-0.2, -0.15) is 0 Å². The highest BCUT2D eigenvalue weighted by Gasteiger charge is 2.24.